The molecule has 26 heavy (non-hydrogen) atoms. The van der Waals surface area contributed by atoms with E-state index in [1.165, 1.54) is 10.9 Å². The Kier molecular flexibility index (Phi) is 4.15. The van der Waals surface area contributed by atoms with Crippen molar-refractivity contribution in [3.05, 3.63) is 49.3 Å². The highest BCUT2D eigenvalue weighted by atomic mass is 35.5. The zero-order valence-corrected chi connectivity index (χ0v) is 14.7. The number of aromatic hydroxyl groups is 1. The molecular weight excluding hydrogens is 369 g/mol. The van der Waals surface area contributed by atoms with Crippen molar-refractivity contribution in [3.63, 3.8) is 0 Å². The second kappa shape index (κ2) is 6.06. The van der Waals surface area contributed by atoms with E-state index < -0.39 is 32.9 Å². The van der Waals surface area contributed by atoms with Crippen LogP contribution in [0.3, 0.4) is 0 Å². The van der Waals surface area contributed by atoms with Gasteiger partial charge in [-0.15, -0.1) is 0 Å². The number of pyridine rings is 2. The molecule has 9 nitrogen and oxygen atoms in total. The molecule has 3 heterocycles. The van der Waals surface area contributed by atoms with Gasteiger partial charge in [0.25, 0.3) is 0 Å². The maximum absolute atomic E-state index is 13.8. The minimum atomic E-state index is -1.12. The summed E-state index contributed by atoms with van der Waals surface area (Å²) < 4.78 is 16.2. The summed E-state index contributed by atoms with van der Waals surface area (Å²) in [6, 6.07) is 0.610. The van der Waals surface area contributed by atoms with Crippen molar-refractivity contribution in [2.24, 2.45) is 0 Å². The standard InChI is InChI=1S/C15H13ClFN5O4/c1-6(2)21-14(7(3)5-18-21)20-13-8(4-9(17)12(16)19-13)11(23)10(15(20)24)22(25)26/h4-6,23H,1-3H3. The quantitative estimate of drug-likeness (QED) is 0.423. The summed E-state index contributed by atoms with van der Waals surface area (Å²) in [5, 5.41) is 24.8. The first-order valence-corrected chi connectivity index (χ1v) is 7.85. The van der Waals surface area contributed by atoms with E-state index in [1.54, 1.807) is 20.8 Å². The van der Waals surface area contributed by atoms with E-state index in [2.05, 4.69) is 10.1 Å². The molecule has 0 unspecified atom stereocenters. The Morgan fingerprint density at radius 3 is 2.65 bits per heavy atom. The fourth-order valence-electron chi connectivity index (χ4n) is 2.69. The predicted molar refractivity (Wildman–Crippen MR) is 91.5 cm³/mol. The molecule has 3 rings (SSSR count). The van der Waals surface area contributed by atoms with E-state index in [1.807, 2.05) is 0 Å². The van der Waals surface area contributed by atoms with Gasteiger partial charge in [0.2, 0.25) is 5.75 Å². The molecule has 0 aliphatic rings. The maximum Gasteiger partial charge on any atom is 0.376 e. The van der Waals surface area contributed by atoms with Crippen LogP contribution in [0.25, 0.3) is 16.9 Å². The molecule has 0 aromatic carbocycles. The SMILES string of the molecule is Cc1cnn(C(C)C)c1-n1c(=O)c([N+](=O)[O-])c(O)c2cc(F)c(Cl)nc21. The molecule has 1 N–H and O–H groups in total. The first-order chi connectivity index (χ1) is 12.1. The lowest BCUT2D eigenvalue weighted by molar-refractivity contribution is -0.387. The number of hydrogen-bond donors (Lipinski definition) is 1. The van der Waals surface area contributed by atoms with Crippen LogP contribution in [0.5, 0.6) is 5.75 Å². The lowest BCUT2D eigenvalue weighted by Gasteiger charge is -2.16. The Morgan fingerprint density at radius 1 is 1.42 bits per heavy atom. The van der Waals surface area contributed by atoms with Crippen LogP contribution in [0.2, 0.25) is 5.15 Å². The predicted octanol–water partition coefficient (Wildman–Crippen LogP) is 2.88. The normalized spacial score (nSPS) is 11.5. The Balaban J connectivity index is 2.62. The fraction of sp³-hybridized carbons (Fsp3) is 0.267. The van der Waals surface area contributed by atoms with Crippen molar-refractivity contribution in [2.75, 3.05) is 0 Å². The molecule has 3 aromatic heterocycles. The lowest BCUT2D eigenvalue weighted by atomic mass is 10.2. The highest BCUT2D eigenvalue weighted by Gasteiger charge is 2.30. The number of rotatable bonds is 3. The van der Waals surface area contributed by atoms with E-state index in [4.69, 9.17) is 11.6 Å². The van der Waals surface area contributed by atoms with Gasteiger partial charge < -0.3 is 5.11 Å². The Labute approximate surface area is 150 Å². The highest BCUT2D eigenvalue weighted by molar-refractivity contribution is 6.30. The van der Waals surface area contributed by atoms with Crippen LogP contribution < -0.4 is 5.56 Å². The van der Waals surface area contributed by atoms with E-state index >= 15 is 0 Å². The smallest absolute Gasteiger partial charge is 0.376 e. The number of halogens is 2. The summed E-state index contributed by atoms with van der Waals surface area (Å²) in [6.45, 7) is 5.26. The van der Waals surface area contributed by atoms with E-state index in [9.17, 15) is 24.4 Å². The summed E-state index contributed by atoms with van der Waals surface area (Å²) in [4.78, 5) is 26.9. The summed E-state index contributed by atoms with van der Waals surface area (Å²) in [6.07, 6.45) is 1.48. The molecular formula is C15H13ClFN5O4. The molecule has 0 aliphatic carbocycles. The lowest BCUT2D eigenvalue weighted by Crippen LogP contribution is -2.26. The molecule has 11 heteroatoms. The van der Waals surface area contributed by atoms with Gasteiger partial charge in [0, 0.05) is 11.6 Å². The molecule has 0 amide bonds. The number of aryl methyl sites for hydroxylation is 1. The molecule has 136 valence electrons. The van der Waals surface area contributed by atoms with Crippen LogP contribution in [0, 0.1) is 22.9 Å². The van der Waals surface area contributed by atoms with E-state index in [-0.39, 0.29) is 22.9 Å². The van der Waals surface area contributed by atoms with Gasteiger partial charge in [0.15, 0.2) is 16.6 Å². The Hall–Kier alpha value is -3.01. The molecule has 0 bridgehead atoms. The third-order valence-corrected chi connectivity index (χ3v) is 4.10. The topological polar surface area (TPSA) is 116 Å². The molecule has 0 saturated heterocycles. The third kappa shape index (κ3) is 2.49. The van der Waals surface area contributed by atoms with E-state index in [0.29, 0.717) is 5.56 Å². The van der Waals surface area contributed by atoms with Crippen molar-refractivity contribution in [3.8, 4) is 11.6 Å². The summed E-state index contributed by atoms with van der Waals surface area (Å²) >= 11 is 5.73. The van der Waals surface area contributed by atoms with Crippen molar-refractivity contribution in [1.29, 1.82) is 0 Å². The molecule has 3 aromatic rings. The van der Waals surface area contributed by atoms with Gasteiger partial charge in [0.1, 0.15) is 5.82 Å². The van der Waals surface area contributed by atoms with Crippen LogP contribution in [-0.2, 0) is 0 Å². The second-order valence-electron chi connectivity index (χ2n) is 5.92. The molecule has 0 aliphatic heterocycles. The maximum atomic E-state index is 13.8. The summed E-state index contributed by atoms with van der Waals surface area (Å²) in [5.74, 6) is -1.74. The zero-order chi connectivity index (χ0) is 19.3. The Morgan fingerprint density at radius 2 is 2.08 bits per heavy atom. The molecule has 0 fully saturated rings. The number of fused-ring (bicyclic) bond motifs is 1. The van der Waals surface area contributed by atoms with Crippen molar-refractivity contribution in [1.82, 2.24) is 19.3 Å². The first kappa shape index (κ1) is 17.8. The number of nitro groups is 1. The van der Waals surface area contributed by atoms with E-state index in [0.717, 1.165) is 10.6 Å². The molecule has 0 atom stereocenters. The number of nitrogens with zero attached hydrogens (tertiary/aromatic N) is 5. The fourth-order valence-corrected chi connectivity index (χ4v) is 2.83. The zero-order valence-electron chi connectivity index (χ0n) is 13.9. The summed E-state index contributed by atoms with van der Waals surface area (Å²) in [5.41, 5.74) is -1.89. The minimum absolute atomic E-state index is 0.190. The Bertz CT molecular complexity index is 1120. The van der Waals surface area contributed by atoms with Crippen LogP contribution in [0.15, 0.2) is 17.1 Å². The van der Waals surface area contributed by atoms with Gasteiger partial charge in [0.05, 0.1) is 16.5 Å². The van der Waals surface area contributed by atoms with Crippen LogP contribution in [0.4, 0.5) is 10.1 Å². The van der Waals surface area contributed by atoms with Crippen LogP contribution in [0.1, 0.15) is 25.5 Å². The first-order valence-electron chi connectivity index (χ1n) is 7.47. The molecule has 0 radical (unpaired) electrons. The van der Waals surface area contributed by atoms with Gasteiger partial charge >= 0.3 is 11.2 Å². The molecule has 0 spiro atoms. The van der Waals surface area contributed by atoms with Crippen molar-refractivity contribution in [2.45, 2.75) is 26.8 Å². The number of aromatic nitrogens is 4. The van der Waals surface area contributed by atoms with Gasteiger partial charge in [-0.25, -0.2) is 18.6 Å². The van der Waals surface area contributed by atoms with Crippen molar-refractivity contribution < 1.29 is 14.4 Å². The number of hydrogen-bond acceptors (Lipinski definition) is 6. The van der Waals surface area contributed by atoms with Gasteiger partial charge in [-0.2, -0.15) is 5.10 Å². The average molecular weight is 382 g/mol. The van der Waals surface area contributed by atoms with Gasteiger partial charge in [-0.1, -0.05) is 11.6 Å². The van der Waals surface area contributed by atoms with Crippen molar-refractivity contribution >= 4 is 28.3 Å². The minimum Gasteiger partial charge on any atom is -0.501 e. The summed E-state index contributed by atoms with van der Waals surface area (Å²) in [7, 11) is 0. The van der Waals surface area contributed by atoms with Crippen LogP contribution >= 0.6 is 11.6 Å². The largest absolute Gasteiger partial charge is 0.501 e. The average Bonchev–Trinajstić information content (AvgIpc) is 2.91. The third-order valence-electron chi connectivity index (χ3n) is 3.84. The van der Waals surface area contributed by atoms with Gasteiger partial charge in [-0.3, -0.25) is 14.9 Å². The highest BCUT2D eigenvalue weighted by Crippen LogP contribution is 2.34. The van der Waals surface area contributed by atoms with Gasteiger partial charge in [-0.05, 0) is 26.8 Å². The molecule has 0 saturated carbocycles. The van der Waals surface area contributed by atoms with Crippen LogP contribution in [-0.4, -0.2) is 29.4 Å². The monoisotopic (exact) mass is 381 g/mol. The second-order valence-corrected chi connectivity index (χ2v) is 6.27.